The molecule has 1 aliphatic carbocycles. The number of nitrogens with zero attached hydrogens (tertiary/aromatic N) is 2. The second kappa shape index (κ2) is 7.17. The fourth-order valence-corrected chi connectivity index (χ4v) is 2.67. The summed E-state index contributed by atoms with van der Waals surface area (Å²) < 4.78 is 25.6. The first-order chi connectivity index (χ1) is 9.38. The highest BCUT2D eigenvalue weighted by molar-refractivity contribution is 5.92. The smallest absolute Gasteiger partial charge is 0.257 e. The molecule has 8 heteroatoms. The van der Waals surface area contributed by atoms with E-state index in [1.807, 2.05) is 6.92 Å². The van der Waals surface area contributed by atoms with Crippen molar-refractivity contribution in [3.05, 3.63) is 12.3 Å². The molecule has 2 unspecified atom stereocenters. The Morgan fingerprint density at radius 3 is 2.95 bits per heavy atom. The number of halogens is 3. The van der Waals surface area contributed by atoms with E-state index in [0.717, 1.165) is 30.4 Å². The van der Waals surface area contributed by atoms with Gasteiger partial charge in [-0.2, -0.15) is 5.10 Å². The molecule has 0 aromatic carbocycles. The maximum absolute atomic E-state index is 12.2. The van der Waals surface area contributed by atoms with Crippen LogP contribution in [0.2, 0.25) is 0 Å². The van der Waals surface area contributed by atoms with E-state index in [1.165, 1.54) is 12.3 Å². The van der Waals surface area contributed by atoms with Crippen molar-refractivity contribution in [1.82, 2.24) is 9.78 Å². The van der Waals surface area contributed by atoms with Crippen LogP contribution in [0.1, 0.15) is 32.6 Å². The molecule has 5 nitrogen and oxygen atoms in total. The van der Waals surface area contributed by atoms with Gasteiger partial charge in [-0.15, -0.1) is 12.4 Å². The third kappa shape index (κ3) is 4.64. The first-order valence-electron chi connectivity index (χ1n) is 6.80. The molecule has 1 amide bonds. The third-order valence-corrected chi connectivity index (χ3v) is 3.79. The Morgan fingerprint density at radius 1 is 1.62 bits per heavy atom. The summed E-state index contributed by atoms with van der Waals surface area (Å²) in [6, 6.07) is 1.51. The molecule has 0 radical (unpaired) electrons. The van der Waals surface area contributed by atoms with E-state index in [-0.39, 0.29) is 30.0 Å². The fourth-order valence-electron chi connectivity index (χ4n) is 2.67. The zero-order valence-electron chi connectivity index (χ0n) is 11.9. The number of hydrogen-bond acceptors (Lipinski definition) is 3. The van der Waals surface area contributed by atoms with Crippen LogP contribution < -0.4 is 11.1 Å². The molecule has 21 heavy (non-hydrogen) atoms. The van der Waals surface area contributed by atoms with E-state index < -0.39 is 18.5 Å². The van der Waals surface area contributed by atoms with Gasteiger partial charge in [-0.3, -0.25) is 9.48 Å². The first-order valence-corrected chi connectivity index (χ1v) is 6.80. The van der Waals surface area contributed by atoms with Crippen LogP contribution in [0.15, 0.2) is 12.3 Å². The second-order valence-corrected chi connectivity index (χ2v) is 5.61. The van der Waals surface area contributed by atoms with Crippen molar-refractivity contribution >= 4 is 24.1 Å². The number of nitrogens with one attached hydrogen (secondary N) is 1. The molecule has 0 spiro atoms. The highest BCUT2D eigenvalue weighted by Crippen LogP contribution is 2.32. The summed E-state index contributed by atoms with van der Waals surface area (Å²) in [5.74, 6) is -0.162. The summed E-state index contributed by atoms with van der Waals surface area (Å²) in [5, 5.41) is 6.56. The summed E-state index contributed by atoms with van der Waals surface area (Å²) in [7, 11) is 0. The highest BCUT2D eigenvalue weighted by Gasteiger charge is 2.37. The lowest BCUT2D eigenvalue weighted by Crippen LogP contribution is -2.51. The quantitative estimate of drug-likeness (QED) is 0.894. The molecule has 2 rings (SSSR count). The van der Waals surface area contributed by atoms with E-state index in [4.69, 9.17) is 5.73 Å². The van der Waals surface area contributed by atoms with Gasteiger partial charge in [0, 0.05) is 17.8 Å². The van der Waals surface area contributed by atoms with Crippen LogP contribution in [0, 0.1) is 5.92 Å². The lowest BCUT2D eigenvalue weighted by atomic mass is 9.74. The number of nitrogens with two attached hydrogens (primary N) is 1. The molecule has 0 aliphatic heterocycles. The molecule has 0 bridgehead atoms. The van der Waals surface area contributed by atoms with Gasteiger partial charge in [-0.25, -0.2) is 8.78 Å². The van der Waals surface area contributed by atoms with E-state index in [9.17, 15) is 13.6 Å². The minimum atomic E-state index is -2.47. The van der Waals surface area contributed by atoms with Gasteiger partial charge in [0.05, 0.1) is 5.92 Å². The number of hydrogen-bond donors (Lipinski definition) is 2. The second-order valence-electron chi connectivity index (χ2n) is 5.61. The summed E-state index contributed by atoms with van der Waals surface area (Å²) in [5.41, 5.74) is 5.64. The Hall–Kier alpha value is -1.21. The van der Waals surface area contributed by atoms with Gasteiger partial charge in [-0.1, -0.05) is 12.8 Å². The average Bonchev–Trinajstić information content (AvgIpc) is 2.74. The molecule has 0 saturated heterocycles. The number of carbonyl (C=O) groups excluding carboxylic acids is 1. The SMILES string of the molecule is CC1(N)CCCCC1C(=O)Nc1ccn(CC(F)F)n1.Cl. The number of anilines is 1. The van der Waals surface area contributed by atoms with Gasteiger partial charge in [0.1, 0.15) is 6.54 Å². The van der Waals surface area contributed by atoms with Crippen molar-refractivity contribution in [3.8, 4) is 0 Å². The van der Waals surface area contributed by atoms with Crippen molar-refractivity contribution in [2.45, 2.75) is 51.1 Å². The van der Waals surface area contributed by atoms with Crippen LogP contribution in [0.5, 0.6) is 0 Å². The predicted molar refractivity (Wildman–Crippen MR) is 78.7 cm³/mol. The summed E-state index contributed by atoms with van der Waals surface area (Å²) in [6.07, 6.45) is 2.51. The van der Waals surface area contributed by atoms with Crippen LogP contribution in [0.25, 0.3) is 0 Å². The van der Waals surface area contributed by atoms with Crippen molar-refractivity contribution in [2.75, 3.05) is 5.32 Å². The topological polar surface area (TPSA) is 72.9 Å². The van der Waals surface area contributed by atoms with Gasteiger partial charge >= 0.3 is 0 Å². The molecule has 1 aromatic heterocycles. The first kappa shape index (κ1) is 17.8. The van der Waals surface area contributed by atoms with Crippen molar-refractivity contribution in [2.24, 2.45) is 11.7 Å². The Labute approximate surface area is 128 Å². The monoisotopic (exact) mass is 322 g/mol. The molecular weight excluding hydrogens is 302 g/mol. The van der Waals surface area contributed by atoms with Gasteiger partial charge in [0.25, 0.3) is 6.43 Å². The molecule has 3 N–H and O–H groups in total. The molecule has 1 aliphatic rings. The molecular formula is C13H21ClF2N4O. The minimum absolute atomic E-state index is 0. The highest BCUT2D eigenvalue weighted by atomic mass is 35.5. The van der Waals surface area contributed by atoms with Crippen LogP contribution in [0.4, 0.5) is 14.6 Å². The van der Waals surface area contributed by atoms with Gasteiger partial charge in [0.2, 0.25) is 5.91 Å². The summed E-state index contributed by atoms with van der Waals surface area (Å²) in [6.45, 7) is 1.40. The lowest BCUT2D eigenvalue weighted by Gasteiger charge is -2.37. The predicted octanol–water partition coefficient (Wildman–Crippen LogP) is 2.42. The van der Waals surface area contributed by atoms with E-state index in [1.54, 1.807) is 0 Å². The minimum Gasteiger partial charge on any atom is -0.325 e. The lowest BCUT2D eigenvalue weighted by molar-refractivity contribution is -0.122. The van der Waals surface area contributed by atoms with Crippen LogP contribution in [-0.2, 0) is 11.3 Å². The van der Waals surface area contributed by atoms with E-state index in [2.05, 4.69) is 10.4 Å². The number of rotatable bonds is 4. The standard InChI is InChI=1S/C13H20F2N4O.ClH/c1-13(16)6-3-2-4-9(13)12(20)17-11-5-7-19(18-11)8-10(14)15;/h5,7,9-10H,2-4,6,8,16H2,1H3,(H,17,18,20);1H. The largest absolute Gasteiger partial charge is 0.325 e. The van der Waals surface area contributed by atoms with Crippen LogP contribution in [0.3, 0.4) is 0 Å². The normalized spacial score (nSPS) is 25.5. The molecule has 120 valence electrons. The Bertz CT molecular complexity index is 478. The Morgan fingerprint density at radius 2 is 2.33 bits per heavy atom. The number of carbonyl (C=O) groups is 1. The van der Waals surface area contributed by atoms with E-state index >= 15 is 0 Å². The van der Waals surface area contributed by atoms with Gasteiger partial charge < -0.3 is 11.1 Å². The fraction of sp³-hybridized carbons (Fsp3) is 0.692. The summed E-state index contributed by atoms with van der Waals surface area (Å²) in [4.78, 5) is 12.2. The van der Waals surface area contributed by atoms with Gasteiger partial charge in [0.15, 0.2) is 5.82 Å². The van der Waals surface area contributed by atoms with Crippen LogP contribution >= 0.6 is 12.4 Å². The van der Waals surface area contributed by atoms with Gasteiger partial charge in [-0.05, 0) is 19.8 Å². The Kier molecular flexibility index (Phi) is 6.10. The number of amides is 1. The zero-order valence-corrected chi connectivity index (χ0v) is 12.7. The van der Waals surface area contributed by atoms with E-state index in [0.29, 0.717) is 0 Å². The Balaban J connectivity index is 0.00000220. The molecule has 1 fully saturated rings. The van der Waals surface area contributed by atoms with Crippen molar-refractivity contribution < 1.29 is 13.6 Å². The number of aromatic nitrogens is 2. The third-order valence-electron chi connectivity index (χ3n) is 3.79. The van der Waals surface area contributed by atoms with Crippen LogP contribution in [-0.4, -0.2) is 27.7 Å². The molecule has 1 saturated carbocycles. The molecule has 1 heterocycles. The zero-order chi connectivity index (χ0) is 14.8. The molecule has 2 atom stereocenters. The maximum atomic E-state index is 12.2. The van der Waals surface area contributed by atoms with Crippen molar-refractivity contribution in [1.29, 1.82) is 0 Å². The maximum Gasteiger partial charge on any atom is 0.257 e. The number of alkyl halides is 2. The molecule has 1 aromatic rings. The van der Waals surface area contributed by atoms with Crippen molar-refractivity contribution in [3.63, 3.8) is 0 Å². The average molecular weight is 323 g/mol. The summed E-state index contributed by atoms with van der Waals surface area (Å²) >= 11 is 0.